The fourth-order valence-electron chi connectivity index (χ4n) is 3.07. The van der Waals surface area contributed by atoms with Gasteiger partial charge in [-0.15, -0.1) is 0 Å². The summed E-state index contributed by atoms with van der Waals surface area (Å²) in [6.07, 6.45) is 3.84. The van der Waals surface area contributed by atoms with Gasteiger partial charge in [0.2, 0.25) is 0 Å². The second-order valence-corrected chi connectivity index (χ2v) is 6.09. The van der Waals surface area contributed by atoms with Crippen molar-refractivity contribution in [2.75, 3.05) is 12.3 Å². The molecule has 2 aromatic carbocycles. The van der Waals surface area contributed by atoms with Gasteiger partial charge in [-0.1, -0.05) is 31.2 Å². The zero-order valence-corrected chi connectivity index (χ0v) is 14.1. The Morgan fingerprint density at radius 3 is 2.83 bits per heavy atom. The van der Waals surface area contributed by atoms with Crippen LogP contribution in [-0.2, 0) is 12.8 Å². The van der Waals surface area contributed by atoms with Gasteiger partial charge in [0.1, 0.15) is 0 Å². The van der Waals surface area contributed by atoms with Crippen LogP contribution in [-0.4, -0.2) is 17.4 Å². The number of hydrogen-bond donors (Lipinski definition) is 3. The van der Waals surface area contributed by atoms with Crippen molar-refractivity contribution in [3.63, 3.8) is 0 Å². The zero-order valence-electron chi connectivity index (χ0n) is 14.1. The monoisotopic (exact) mass is 321 g/mol. The maximum absolute atomic E-state index is 12.3. The van der Waals surface area contributed by atoms with Crippen LogP contribution < -0.4 is 11.1 Å². The Morgan fingerprint density at radius 2 is 2.04 bits per heavy atom. The number of aryl methyl sites for hydroxylation is 2. The Bertz CT molecular complexity index is 880. The van der Waals surface area contributed by atoms with Crippen LogP contribution in [0, 0.1) is 6.92 Å². The summed E-state index contributed by atoms with van der Waals surface area (Å²) in [6.45, 7) is 4.67. The average Bonchev–Trinajstić information content (AvgIpc) is 3.00. The number of amides is 1. The van der Waals surface area contributed by atoms with E-state index in [0.29, 0.717) is 17.8 Å². The number of carbonyl (C=O) groups excluding carboxylic acids is 1. The lowest BCUT2D eigenvalue weighted by Crippen LogP contribution is -2.26. The number of nitrogens with one attached hydrogen (secondary N) is 2. The molecular formula is C20H23N3O. The zero-order chi connectivity index (χ0) is 17.1. The van der Waals surface area contributed by atoms with Gasteiger partial charge < -0.3 is 16.0 Å². The minimum Gasteiger partial charge on any atom is -0.399 e. The van der Waals surface area contributed by atoms with Crippen molar-refractivity contribution < 1.29 is 4.79 Å². The maximum atomic E-state index is 12.3. The number of benzene rings is 2. The van der Waals surface area contributed by atoms with E-state index in [2.05, 4.69) is 35.4 Å². The molecule has 0 spiro atoms. The molecule has 4 N–H and O–H groups in total. The molecule has 3 aromatic rings. The summed E-state index contributed by atoms with van der Waals surface area (Å²) in [5.74, 6) is -0.0751. The number of hydrogen-bond acceptors (Lipinski definition) is 2. The topological polar surface area (TPSA) is 70.9 Å². The van der Waals surface area contributed by atoms with Crippen LogP contribution in [0.4, 0.5) is 5.69 Å². The Balaban J connectivity index is 1.69. The first-order valence-corrected chi connectivity index (χ1v) is 8.32. The number of nitrogens with two attached hydrogens (primary N) is 1. The normalized spacial score (nSPS) is 10.9. The maximum Gasteiger partial charge on any atom is 0.251 e. The van der Waals surface area contributed by atoms with E-state index in [-0.39, 0.29) is 5.91 Å². The number of nitrogen functional groups attached to an aromatic ring is 1. The van der Waals surface area contributed by atoms with Crippen molar-refractivity contribution in [2.24, 2.45) is 0 Å². The van der Waals surface area contributed by atoms with E-state index < -0.39 is 0 Å². The van der Waals surface area contributed by atoms with Crippen molar-refractivity contribution in [2.45, 2.75) is 26.7 Å². The van der Waals surface area contributed by atoms with Gasteiger partial charge >= 0.3 is 0 Å². The average molecular weight is 321 g/mol. The van der Waals surface area contributed by atoms with Gasteiger partial charge in [-0.3, -0.25) is 4.79 Å². The number of fused-ring (bicyclic) bond motifs is 1. The van der Waals surface area contributed by atoms with E-state index in [4.69, 9.17) is 5.73 Å². The molecule has 0 radical (unpaired) electrons. The fourth-order valence-corrected chi connectivity index (χ4v) is 3.07. The van der Waals surface area contributed by atoms with E-state index in [1.165, 1.54) is 22.0 Å². The lowest BCUT2D eigenvalue weighted by atomic mass is 10.1. The van der Waals surface area contributed by atoms with Crippen molar-refractivity contribution in [1.82, 2.24) is 10.3 Å². The largest absolute Gasteiger partial charge is 0.399 e. The van der Waals surface area contributed by atoms with Crippen molar-refractivity contribution in [1.29, 1.82) is 0 Å². The third-order valence-electron chi connectivity index (χ3n) is 4.45. The number of rotatable bonds is 5. The van der Waals surface area contributed by atoms with Gasteiger partial charge in [-0.2, -0.15) is 0 Å². The molecule has 0 aliphatic carbocycles. The second kappa shape index (κ2) is 6.79. The standard InChI is InChI=1S/C20H23N3O/c1-3-14-5-4-6-17-15(12-23-19(14)17)9-10-22-20(24)18-11-16(21)8-7-13(18)2/h4-8,11-12,23H,3,9-10,21H2,1-2H3,(H,22,24). The molecule has 1 amide bonds. The molecule has 4 nitrogen and oxygen atoms in total. The van der Waals surface area contributed by atoms with Gasteiger partial charge in [0.25, 0.3) is 5.91 Å². The predicted molar refractivity (Wildman–Crippen MR) is 99.3 cm³/mol. The molecule has 124 valence electrons. The van der Waals surface area contributed by atoms with Crippen LogP contribution in [0.1, 0.15) is 34.0 Å². The van der Waals surface area contributed by atoms with E-state index in [0.717, 1.165) is 18.4 Å². The Morgan fingerprint density at radius 1 is 1.21 bits per heavy atom. The lowest BCUT2D eigenvalue weighted by Gasteiger charge is -2.08. The molecule has 3 rings (SSSR count). The highest BCUT2D eigenvalue weighted by Crippen LogP contribution is 2.22. The molecule has 0 bridgehead atoms. The van der Waals surface area contributed by atoms with Crippen LogP contribution in [0.3, 0.4) is 0 Å². The van der Waals surface area contributed by atoms with Gasteiger partial charge in [0.05, 0.1) is 0 Å². The molecule has 0 saturated heterocycles. The third kappa shape index (κ3) is 3.13. The number of aromatic nitrogens is 1. The minimum absolute atomic E-state index is 0.0751. The van der Waals surface area contributed by atoms with Crippen LogP contribution in [0.2, 0.25) is 0 Å². The summed E-state index contributed by atoms with van der Waals surface area (Å²) in [5.41, 5.74) is 11.7. The number of carbonyl (C=O) groups is 1. The van der Waals surface area contributed by atoms with E-state index in [1.807, 2.05) is 25.3 Å². The second-order valence-electron chi connectivity index (χ2n) is 6.09. The van der Waals surface area contributed by atoms with E-state index >= 15 is 0 Å². The van der Waals surface area contributed by atoms with Gasteiger partial charge in [-0.05, 0) is 48.6 Å². The molecule has 1 aromatic heterocycles. The molecule has 0 saturated carbocycles. The molecule has 24 heavy (non-hydrogen) atoms. The summed E-state index contributed by atoms with van der Waals surface area (Å²) >= 11 is 0. The molecule has 0 atom stereocenters. The van der Waals surface area contributed by atoms with Crippen molar-refractivity contribution in [3.8, 4) is 0 Å². The molecule has 4 heteroatoms. The van der Waals surface area contributed by atoms with E-state index in [9.17, 15) is 4.79 Å². The Hall–Kier alpha value is -2.75. The van der Waals surface area contributed by atoms with Crippen molar-refractivity contribution >= 4 is 22.5 Å². The van der Waals surface area contributed by atoms with Crippen LogP contribution >= 0.6 is 0 Å². The lowest BCUT2D eigenvalue weighted by molar-refractivity contribution is 0.0953. The highest BCUT2D eigenvalue weighted by atomic mass is 16.1. The third-order valence-corrected chi connectivity index (χ3v) is 4.45. The molecule has 0 aliphatic rings. The predicted octanol–water partition coefficient (Wildman–Crippen LogP) is 3.59. The Kier molecular flexibility index (Phi) is 4.56. The van der Waals surface area contributed by atoms with Crippen LogP contribution in [0.5, 0.6) is 0 Å². The highest BCUT2D eigenvalue weighted by Gasteiger charge is 2.10. The van der Waals surface area contributed by atoms with E-state index in [1.54, 1.807) is 6.07 Å². The Labute approximate surface area is 142 Å². The van der Waals surface area contributed by atoms with Crippen LogP contribution in [0.15, 0.2) is 42.6 Å². The molecule has 0 unspecified atom stereocenters. The highest BCUT2D eigenvalue weighted by molar-refractivity contribution is 5.96. The van der Waals surface area contributed by atoms with Crippen molar-refractivity contribution in [3.05, 3.63) is 64.8 Å². The molecule has 0 fully saturated rings. The number of para-hydroxylation sites is 1. The number of H-pyrrole nitrogens is 1. The fraction of sp³-hybridized carbons (Fsp3) is 0.250. The quantitative estimate of drug-likeness (QED) is 0.628. The van der Waals surface area contributed by atoms with Gasteiger partial charge in [-0.25, -0.2) is 0 Å². The van der Waals surface area contributed by atoms with Gasteiger partial charge in [0, 0.05) is 34.9 Å². The first-order valence-electron chi connectivity index (χ1n) is 8.32. The van der Waals surface area contributed by atoms with Gasteiger partial charge in [0.15, 0.2) is 0 Å². The number of anilines is 1. The molecular weight excluding hydrogens is 298 g/mol. The number of aromatic amines is 1. The molecule has 1 heterocycles. The first-order chi connectivity index (χ1) is 11.6. The minimum atomic E-state index is -0.0751. The first kappa shape index (κ1) is 16.1. The summed E-state index contributed by atoms with van der Waals surface area (Å²) in [6, 6.07) is 11.8. The summed E-state index contributed by atoms with van der Waals surface area (Å²) in [5, 5.41) is 4.23. The van der Waals surface area contributed by atoms with Crippen LogP contribution in [0.25, 0.3) is 10.9 Å². The smallest absolute Gasteiger partial charge is 0.251 e. The molecule has 0 aliphatic heterocycles. The summed E-state index contributed by atoms with van der Waals surface area (Å²) < 4.78 is 0. The summed E-state index contributed by atoms with van der Waals surface area (Å²) in [7, 11) is 0. The summed E-state index contributed by atoms with van der Waals surface area (Å²) in [4.78, 5) is 15.7. The SMILES string of the molecule is CCc1cccc2c(CCNC(=O)c3cc(N)ccc3C)c[nH]c12.